The van der Waals surface area contributed by atoms with Crippen molar-refractivity contribution in [3.8, 4) is 0 Å². The zero-order valence-corrected chi connectivity index (χ0v) is 11.9. The van der Waals surface area contributed by atoms with Gasteiger partial charge in [-0.15, -0.1) is 0 Å². The van der Waals surface area contributed by atoms with E-state index < -0.39 is 5.97 Å². The van der Waals surface area contributed by atoms with E-state index in [-0.39, 0.29) is 0 Å². The molecule has 104 valence electrons. The largest absolute Gasteiger partial charge is 0.478 e. The lowest BCUT2D eigenvalue weighted by atomic mass is 9.86. The molecular formula is C15H22N2O2. The maximum Gasteiger partial charge on any atom is 0.339 e. The number of carbonyl (C=O) groups is 1. The molecule has 2 atom stereocenters. The molecular weight excluding hydrogens is 240 g/mol. The van der Waals surface area contributed by atoms with Gasteiger partial charge >= 0.3 is 5.97 Å². The van der Waals surface area contributed by atoms with Crippen molar-refractivity contribution in [2.24, 2.45) is 5.92 Å². The van der Waals surface area contributed by atoms with Crippen molar-refractivity contribution in [3.63, 3.8) is 0 Å². The Morgan fingerprint density at radius 2 is 2.21 bits per heavy atom. The van der Waals surface area contributed by atoms with Crippen LogP contribution in [0.2, 0.25) is 0 Å². The molecule has 0 bridgehead atoms. The van der Waals surface area contributed by atoms with Crippen molar-refractivity contribution in [3.05, 3.63) is 23.5 Å². The molecule has 0 aromatic carbocycles. The number of carboxylic acids is 1. The summed E-state index contributed by atoms with van der Waals surface area (Å²) in [6.07, 6.45) is 6.25. The van der Waals surface area contributed by atoms with Crippen molar-refractivity contribution in [2.75, 3.05) is 11.9 Å². The maximum atomic E-state index is 11.3. The maximum absolute atomic E-state index is 11.3. The smallest absolute Gasteiger partial charge is 0.339 e. The van der Waals surface area contributed by atoms with E-state index in [0.717, 1.165) is 30.1 Å². The molecule has 1 heterocycles. The number of anilines is 1. The van der Waals surface area contributed by atoms with Gasteiger partial charge in [-0.2, -0.15) is 0 Å². The van der Waals surface area contributed by atoms with Gasteiger partial charge in [0, 0.05) is 25.0 Å². The average Bonchev–Trinajstić information content (AvgIpc) is 2.37. The highest BCUT2D eigenvalue weighted by Gasteiger charge is 2.25. The number of nitrogens with zero attached hydrogens (tertiary/aromatic N) is 2. The van der Waals surface area contributed by atoms with Crippen LogP contribution in [0, 0.1) is 12.8 Å². The molecule has 0 saturated heterocycles. The first-order chi connectivity index (χ1) is 8.99. The minimum Gasteiger partial charge on any atom is -0.478 e. The average molecular weight is 262 g/mol. The fourth-order valence-electron chi connectivity index (χ4n) is 2.95. The molecule has 1 aliphatic rings. The number of aromatic carboxylic acids is 1. The van der Waals surface area contributed by atoms with Crippen LogP contribution in [-0.4, -0.2) is 29.1 Å². The van der Waals surface area contributed by atoms with Gasteiger partial charge in [0.1, 0.15) is 5.56 Å². The number of hydrogen-bond acceptors (Lipinski definition) is 3. The Bertz CT molecular complexity index is 473. The summed E-state index contributed by atoms with van der Waals surface area (Å²) >= 11 is 0. The van der Waals surface area contributed by atoms with Crippen LogP contribution < -0.4 is 4.90 Å². The first-order valence-corrected chi connectivity index (χ1v) is 6.91. The van der Waals surface area contributed by atoms with E-state index in [0.29, 0.717) is 11.6 Å². The van der Waals surface area contributed by atoms with Gasteiger partial charge in [0.15, 0.2) is 0 Å². The molecule has 0 aliphatic heterocycles. The highest BCUT2D eigenvalue weighted by molar-refractivity contribution is 5.94. The number of pyridine rings is 1. The predicted molar refractivity (Wildman–Crippen MR) is 75.8 cm³/mol. The first-order valence-electron chi connectivity index (χ1n) is 6.91. The SMILES string of the molecule is Cc1cc(N(C)C2CCCC(C)C2)c(C(=O)O)cn1. The fraction of sp³-hybridized carbons (Fsp3) is 0.600. The van der Waals surface area contributed by atoms with Gasteiger partial charge in [-0.3, -0.25) is 4.98 Å². The van der Waals surface area contributed by atoms with Crippen molar-refractivity contribution in [2.45, 2.75) is 45.6 Å². The normalized spacial score (nSPS) is 23.1. The van der Waals surface area contributed by atoms with Gasteiger partial charge in [0.25, 0.3) is 0 Å². The molecule has 1 aromatic rings. The molecule has 19 heavy (non-hydrogen) atoms. The Hall–Kier alpha value is -1.58. The standard InChI is InChI=1S/C15H22N2O2/c1-10-5-4-6-12(7-10)17(3)14-8-11(2)16-9-13(14)15(18)19/h8-10,12H,4-7H2,1-3H3,(H,18,19). The summed E-state index contributed by atoms with van der Waals surface area (Å²) in [6.45, 7) is 4.17. The van der Waals surface area contributed by atoms with Crippen LogP contribution in [0.3, 0.4) is 0 Å². The highest BCUT2D eigenvalue weighted by Crippen LogP contribution is 2.31. The molecule has 2 rings (SSSR count). The summed E-state index contributed by atoms with van der Waals surface area (Å²) in [5, 5.41) is 9.29. The Kier molecular flexibility index (Phi) is 4.08. The van der Waals surface area contributed by atoms with Gasteiger partial charge in [0.05, 0.1) is 5.69 Å². The molecule has 1 N–H and O–H groups in total. The van der Waals surface area contributed by atoms with E-state index in [1.807, 2.05) is 20.0 Å². The molecule has 1 aromatic heterocycles. The summed E-state index contributed by atoms with van der Waals surface area (Å²) in [4.78, 5) is 17.5. The third-order valence-electron chi connectivity index (χ3n) is 4.09. The molecule has 1 saturated carbocycles. The second kappa shape index (κ2) is 5.59. The van der Waals surface area contributed by atoms with E-state index in [4.69, 9.17) is 0 Å². The lowest BCUT2D eigenvalue weighted by Crippen LogP contribution is -2.36. The molecule has 1 aliphatic carbocycles. The Morgan fingerprint density at radius 3 is 2.84 bits per heavy atom. The zero-order valence-electron chi connectivity index (χ0n) is 11.9. The van der Waals surface area contributed by atoms with Crippen LogP contribution in [0.15, 0.2) is 12.3 Å². The molecule has 0 amide bonds. The lowest BCUT2D eigenvalue weighted by Gasteiger charge is -2.36. The van der Waals surface area contributed by atoms with Crippen molar-refractivity contribution >= 4 is 11.7 Å². The first kappa shape index (κ1) is 13.8. The highest BCUT2D eigenvalue weighted by atomic mass is 16.4. The number of aromatic nitrogens is 1. The van der Waals surface area contributed by atoms with Crippen LogP contribution in [0.25, 0.3) is 0 Å². The van der Waals surface area contributed by atoms with E-state index in [1.165, 1.54) is 19.0 Å². The summed E-state index contributed by atoms with van der Waals surface area (Å²) in [7, 11) is 2.00. The van der Waals surface area contributed by atoms with Gasteiger partial charge < -0.3 is 10.0 Å². The van der Waals surface area contributed by atoms with Crippen molar-refractivity contribution in [1.82, 2.24) is 4.98 Å². The van der Waals surface area contributed by atoms with Gasteiger partial charge in [-0.05, 0) is 31.7 Å². The molecule has 1 fully saturated rings. The van der Waals surface area contributed by atoms with Crippen molar-refractivity contribution in [1.29, 1.82) is 0 Å². The second-order valence-electron chi connectivity index (χ2n) is 5.68. The predicted octanol–water partition coefficient (Wildman–Crippen LogP) is 3.10. The summed E-state index contributed by atoms with van der Waals surface area (Å²) in [5.41, 5.74) is 1.95. The van der Waals surface area contributed by atoms with E-state index in [2.05, 4.69) is 16.8 Å². The van der Waals surface area contributed by atoms with Crippen LogP contribution in [0.1, 0.15) is 48.7 Å². The van der Waals surface area contributed by atoms with E-state index in [9.17, 15) is 9.90 Å². The molecule has 4 heteroatoms. The van der Waals surface area contributed by atoms with E-state index in [1.54, 1.807) is 0 Å². The van der Waals surface area contributed by atoms with Gasteiger partial charge in [-0.25, -0.2) is 4.79 Å². The minimum absolute atomic E-state index is 0.298. The number of hydrogen-bond donors (Lipinski definition) is 1. The summed E-state index contributed by atoms with van der Waals surface area (Å²) in [6, 6.07) is 2.31. The summed E-state index contributed by atoms with van der Waals surface area (Å²) < 4.78 is 0. The fourth-order valence-corrected chi connectivity index (χ4v) is 2.95. The Balaban J connectivity index is 2.29. The number of rotatable bonds is 3. The Labute approximate surface area is 114 Å². The number of carboxylic acid groups (broad SMARTS) is 1. The van der Waals surface area contributed by atoms with Crippen molar-refractivity contribution < 1.29 is 9.90 Å². The molecule has 0 spiro atoms. The minimum atomic E-state index is -0.904. The third kappa shape index (κ3) is 3.06. The molecule has 4 nitrogen and oxygen atoms in total. The second-order valence-corrected chi connectivity index (χ2v) is 5.68. The monoisotopic (exact) mass is 262 g/mol. The molecule has 2 unspecified atom stereocenters. The Morgan fingerprint density at radius 1 is 1.47 bits per heavy atom. The topological polar surface area (TPSA) is 53.4 Å². The van der Waals surface area contributed by atoms with Crippen LogP contribution >= 0.6 is 0 Å². The quantitative estimate of drug-likeness (QED) is 0.909. The lowest BCUT2D eigenvalue weighted by molar-refractivity contribution is 0.0697. The molecule has 0 radical (unpaired) electrons. The van der Waals surface area contributed by atoms with Gasteiger partial charge in [-0.1, -0.05) is 19.8 Å². The summed E-state index contributed by atoms with van der Waals surface area (Å²) in [5.74, 6) is -0.185. The van der Waals surface area contributed by atoms with Crippen LogP contribution in [-0.2, 0) is 0 Å². The number of aryl methyl sites for hydroxylation is 1. The van der Waals surface area contributed by atoms with Gasteiger partial charge in [0.2, 0.25) is 0 Å². The van der Waals surface area contributed by atoms with Crippen LogP contribution in [0.5, 0.6) is 0 Å². The third-order valence-corrected chi connectivity index (χ3v) is 4.09. The zero-order chi connectivity index (χ0) is 14.0. The van der Waals surface area contributed by atoms with E-state index >= 15 is 0 Å². The van der Waals surface area contributed by atoms with Crippen LogP contribution in [0.4, 0.5) is 5.69 Å².